The normalized spacial score (nSPS) is 17.7. The molecule has 0 bridgehead atoms. The van der Waals surface area contributed by atoms with Gasteiger partial charge in [-0.15, -0.1) is 13.2 Å². The van der Waals surface area contributed by atoms with Crippen LogP contribution in [0.25, 0.3) is 11.4 Å². The zero-order valence-corrected chi connectivity index (χ0v) is 18.9. The highest BCUT2D eigenvalue weighted by molar-refractivity contribution is 6.32. The molecule has 1 saturated heterocycles. The van der Waals surface area contributed by atoms with Gasteiger partial charge in [0.25, 0.3) is 0 Å². The largest absolute Gasteiger partial charge is 0.573 e. The zero-order chi connectivity index (χ0) is 25.3. The molecule has 15 heteroatoms. The molecular formula is C20H18ClF3N6O5. The number of cyclic esters (lactones) is 1. The first kappa shape index (κ1) is 24.5. The lowest BCUT2D eigenvalue weighted by atomic mass is 10.2. The Morgan fingerprint density at radius 2 is 2.06 bits per heavy atom. The van der Waals surface area contributed by atoms with Crippen molar-refractivity contribution < 1.29 is 37.1 Å². The summed E-state index contributed by atoms with van der Waals surface area (Å²) < 4.78 is 51.4. The lowest BCUT2D eigenvalue weighted by Gasteiger charge is -2.22. The average Bonchev–Trinajstić information content (AvgIpc) is 3.42. The molecule has 0 aliphatic carbocycles. The van der Waals surface area contributed by atoms with Gasteiger partial charge in [-0.3, -0.25) is 4.90 Å². The average molecular weight is 515 g/mol. The number of carbonyl (C=O) groups excluding carboxylic acids is 1. The molecule has 0 radical (unpaired) electrons. The van der Waals surface area contributed by atoms with E-state index in [0.29, 0.717) is 5.56 Å². The molecule has 1 aliphatic rings. The van der Waals surface area contributed by atoms with E-state index in [-0.39, 0.29) is 35.1 Å². The molecule has 11 nitrogen and oxygen atoms in total. The molecule has 35 heavy (non-hydrogen) atoms. The second-order valence-corrected chi connectivity index (χ2v) is 7.92. The van der Waals surface area contributed by atoms with Crippen molar-refractivity contribution in [2.45, 2.75) is 38.4 Å². The van der Waals surface area contributed by atoms with Crippen LogP contribution in [-0.2, 0) is 4.74 Å². The fraction of sp³-hybridized carbons (Fsp3) is 0.350. The number of nitrogens with one attached hydrogen (secondary N) is 1. The highest BCUT2D eigenvalue weighted by Gasteiger charge is 2.38. The lowest BCUT2D eigenvalue weighted by molar-refractivity contribution is -0.274. The summed E-state index contributed by atoms with van der Waals surface area (Å²) in [4.78, 5) is 26.0. The van der Waals surface area contributed by atoms with Crippen molar-refractivity contribution in [3.63, 3.8) is 0 Å². The molecule has 4 rings (SSSR count). The van der Waals surface area contributed by atoms with E-state index in [4.69, 9.17) is 20.9 Å². The van der Waals surface area contributed by atoms with Gasteiger partial charge in [0.15, 0.2) is 0 Å². The standard InChI is InChI=1S/C20H18ClF3N6O5/c1-9(26-18-25-6-5-15(27-18)30-13(10(2)31)8-33-19(30)32)17-28-16(29-35-17)11-3-4-14(12(21)7-11)34-20(22,23)24/h3-7,9-10,13,31H,8H2,1-2H3,(H,25,26,27)/t9-,10?,13-/m1/s1. The van der Waals surface area contributed by atoms with Crippen LogP contribution in [0.15, 0.2) is 35.0 Å². The monoisotopic (exact) mass is 514 g/mol. The maximum atomic E-state index is 12.4. The molecule has 1 aromatic carbocycles. The smallest absolute Gasteiger partial charge is 0.447 e. The summed E-state index contributed by atoms with van der Waals surface area (Å²) in [5.74, 6) is 0.0191. The second kappa shape index (κ2) is 9.54. The summed E-state index contributed by atoms with van der Waals surface area (Å²) >= 11 is 5.88. The number of alkyl halides is 3. The highest BCUT2D eigenvalue weighted by atomic mass is 35.5. The molecule has 0 spiro atoms. The number of aliphatic hydroxyl groups is 1. The van der Waals surface area contributed by atoms with Crippen molar-refractivity contribution in [3.8, 4) is 17.1 Å². The van der Waals surface area contributed by atoms with Gasteiger partial charge >= 0.3 is 12.5 Å². The first-order valence-corrected chi connectivity index (χ1v) is 10.5. The summed E-state index contributed by atoms with van der Waals surface area (Å²) in [6, 6.07) is 3.88. The fourth-order valence-electron chi connectivity index (χ4n) is 3.24. The third-order valence-corrected chi connectivity index (χ3v) is 5.22. The molecule has 1 fully saturated rings. The van der Waals surface area contributed by atoms with Gasteiger partial charge in [0.2, 0.25) is 17.7 Å². The molecule has 1 unspecified atom stereocenters. The van der Waals surface area contributed by atoms with Crippen molar-refractivity contribution in [2.75, 3.05) is 16.8 Å². The molecule has 3 heterocycles. The van der Waals surface area contributed by atoms with E-state index in [2.05, 4.69) is 30.2 Å². The van der Waals surface area contributed by atoms with Crippen molar-refractivity contribution in [1.29, 1.82) is 0 Å². The predicted octanol–water partition coefficient (Wildman–Crippen LogP) is 3.96. The quantitative estimate of drug-likeness (QED) is 0.476. The van der Waals surface area contributed by atoms with Gasteiger partial charge < -0.3 is 24.4 Å². The van der Waals surface area contributed by atoms with Crippen LogP contribution in [-0.4, -0.2) is 56.4 Å². The molecule has 1 aliphatic heterocycles. The van der Waals surface area contributed by atoms with Crippen molar-refractivity contribution >= 4 is 29.5 Å². The van der Waals surface area contributed by atoms with Gasteiger partial charge in [-0.05, 0) is 38.1 Å². The number of carbonyl (C=O) groups is 1. The van der Waals surface area contributed by atoms with Crippen LogP contribution in [0.1, 0.15) is 25.8 Å². The van der Waals surface area contributed by atoms with E-state index in [0.717, 1.165) is 6.07 Å². The number of hydrogen-bond donors (Lipinski definition) is 2. The minimum Gasteiger partial charge on any atom is -0.447 e. The van der Waals surface area contributed by atoms with Crippen molar-refractivity contribution in [2.24, 2.45) is 0 Å². The van der Waals surface area contributed by atoms with E-state index in [9.17, 15) is 23.1 Å². The molecule has 0 saturated carbocycles. The SMILES string of the molecule is CC(O)[C@H]1COC(=O)N1c1ccnc(N[C@H](C)c2nc(-c3ccc(OC(F)(F)F)c(Cl)c3)no2)n1. The Morgan fingerprint density at radius 1 is 1.29 bits per heavy atom. The van der Waals surface area contributed by atoms with Crippen LogP contribution < -0.4 is 15.0 Å². The number of aromatic nitrogens is 4. The number of aliphatic hydroxyl groups excluding tert-OH is 1. The van der Waals surface area contributed by atoms with Gasteiger partial charge in [0.1, 0.15) is 30.3 Å². The topological polar surface area (TPSA) is 136 Å². The van der Waals surface area contributed by atoms with E-state index in [1.54, 1.807) is 13.8 Å². The molecular weight excluding hydrogens is 497 g/mol. The molecule has 186 valence electrons. The summed E-state index contributed by atoms with van der Waals surface area (Å²) in [5.41, 5.74) is 0.307. The molecule has 3 atom stereocenters. The maximum absolute atomic E-state index is 12.4. The van der Waals surface area contributed by atoms with Gasteiger partial charge in [0, 0.05) is 11.8 Å². The number of benzene rings is 1. The number of halogens is 4. The van der Waals surface area contributed by atoms with E-state index in [1.807, 2.05) is 0 Å². The van der Waals surface area contributed by atoms with Gasteiger partial charge in [-0.25, -0.2) is 9.78 Å². The van der Waals surface area contributed by atoms with Crippen LogP contribution in [0.3, 0.4) is 0 Å². The van der Waals surface area contributed by atoms with Crippen molar-refractivity contribution in [3.05, 3.63) is 41.4 Å². The Kier molecular flexibility index (Phi) is 6.67. The summed E-state index contributed by atoms with van der Waals surface area (Å²) in [6.45, 7) is 3.25. The molecule has 1 amide bonds. The molecule has 2 aromatic heterocycles. The summed E-state index contributed by atoms with van der Waals surface area (Å²) in [7, 11) is 0. The Bertz CT molecular complexity index is 1220. The predicted molar refractivity (Wildman–Crippen MR) is 115 cm³/mol. The zero-order valence-electron chi connectivity index (χ0n) is 18.2. The summed E-state index contributed by atoms with van der Waals surface area (Å²) in [6.07, 6.45) is -4.93. The Labute approximate surface area is 200 Å². The minimum atomic E-state index is -4.88. The fourth-order valence-corrected chi connectivity index (χ4v) is 3.46. The van der Waals surface area contributed by atoms with Crippen molar-refractivity contribution in [1.82, 2.24) is 20.1 Å². The number of nitrogens with zero attached hydrogens (tertiary/aromatic N) is 5. The van der Waals surface area contributed by atoms with E-state index < -0.39 is 36.4 Å². The van der Waals surface area contributed by atoms with Gasteiger partial charge in [-0.2, -0.15) is 9.97 Å². The number of ether oxygens (including phenoxy) is 2. The van der Waals surface area contributed by atoms with Crippen LogP contribution in [0.5, 0.6) is 5.75 Å². The number of amides is 1. The Hall–Kier alpha value is -3.65. The third kappa shape index (κ3) is 5.54. The van der Waals surface area contributed by atoms with E-state index in [1.165, 1.54) is 29.3 Å². The molecule has 2 N–H and O–H groups in total. The van der Waals surface area contributed by atoms with Crippen LogP contribution in [0.2, 0.25) is 5.02 Å². The number of rotatable bonds is 7. The first-order chi connectivity index (χ1) is 16.5. The van der Waals surface area contributed by atoms with Gasteiger partial charge in [-0.1, -0.05) is 16.8 Å². The van der Waals surface area contributed by atoms with Crippen LogP contribution in [0, 0.1) is 0 Å². The Balaban J connectivity index is 1.48. The number of anilines is 2. The van der Waals surface area contributed by atoms with Crippen LogP contribution in [0.4, 0.5) is 29.7 Å². The van der Waals surface area contributed by atoms with E-state index >= 15 is 0 Å². The van der Waals surface area contributed by atoms with Crippen LogP contribution >= 0.6 is 11.6 Å². The lowest BCUT2D eigenvalue weighted by Crippen LogP contribution is -2.41. The third-order valence-electron chi connectivity index (χ3n) is 4.92. The summed E-state index contributed by atoms with van der Waals surface area (Å²) in [5, 5.41) is 16.4. The Morgan fingerprint density at radius 3 is 2.74 bits per heavy atom. The minimum absolute atomic E-state index is 0.0256. The first-order valence-electron chi connectivity index (χ1n) is 10.1. The maximum Gasteiger partial charge on any atom is 0.573 e. The second-order valence-electron chi connectivity index (χ2n) is 7.51. The van der Waals surface area contributed by atoms with Gasteiger partial charge in [0.05, 0.1) is 11.1 Å². The number of hydrogen-bond acceptors (Lipinski definition) is 10. The highest BCUT2D eigenvalue weighted by Crippen LogP contribution is 2.33. The molecule has 3 aromatic rings.